The molecule has 1 N–H and O–H groups in total. The Hall–Kier alpha value is -2.63. The number of hydrazone groups is 1. The molecule has 23 heavy (non-hydrogen) atoms. The lowest BCUT2D eigenvalue weighted by Crippen LogP contribution is -2.28. The number of allylic oxidation sites excluding steroid dienone is 2. The van der Waals surface area contributed by atoms with Gasteiger partial charge in [-0.1, -0.05) is 12.2 Å². The van der Waals surface area contributed by atoms with Crippen LogP contribution < -0.4 is 4.74 Å². The summed E-state index contributed by atoms with van der Waals surface area (Å²) < 4.78 is 5.03. The van der Waals surface area contributed by atoms with Gasteiger partial charge in [-0.25, -0.2) is 0 Å². The highest BCUT2D eigenvalue weighted by Crippen LogP contribution is 2.52. The fourth-order valence-electron chi connectivity index (χ4n) is 3.90. The highest BCUT2D eigenvalue weighted by molar-refractivity contribution is 6.06. The van der Waals surface area contributed by atoms with Crippen molar-refractivity contribution in [2.24, 2.45) is 28.8 Å². The molecule has 0 unspecified atom stereocenters. The summed E-state index contributed by atoms with van der Waals surface area (Å²) >= 11 is 0. The van der Waals surface area contributed by atoms with Gasteiger partial charge in [0.25, 0.3) is 11.8 Å². The molecule has 0 spiro atoms. The lowest BCUT2D eigenvalue weighted by Gasteiger charge is -2.13. The number of rotatable bonds is 3. The molecule has 0 aromatic heterocycles. The number of ether oxygens (including phenoxy) is 1. The van der Waals surface area contributed by atoms with Gasteiger partial charge in [-0.2, -0.15) is 10.1 Å². The zero-order valence-corrected chi connectivity index (χ0v) is 12.5. The SMILES string of the molecule is COc1cc(/C=N/N2C(=O)[C@@H]3[C@@H](C2=O)[C@@H]2C=C[C@@H]3C2)ccc1O. The number of phenolic OH excluding ortho intramolecular Hbond substituents is 1. The van der Waals surface area contributed by atoms with Crippen molar-refractivity contribution in [1.29, 1.82) is 0 Å². The van der Waals surface area contributed by atoms with Crippen molar-refractivity contribution in [3.63, 3.8) is 0 Å². The van der Waals surface area contributed by atoms with Crippen molar-refractivity contribution in [1.82, 2.24) is 5.01 Å². The van der Waals surface area contributed by atoms with E-state index >= 15 is 0 Å². The van der Waals surface area contributed by atoms with Crippen LogP contribution in [0, 0.1) is 23.7 Å². The largest absolute Gasteiger partial charge is 0.504 e. The van der Waals surface area contributed by atoms with Crippen LogP contribution in [0.1, 0.15) is 12.0 Å². The van der Waals surface area contributed by atoms with Crippen molar-refractivity contribution in [2.75, 3.05) is 7.11 Å². The van der Waals surface area contributed by atoms with Gasteiger partial charge in [0.15, 0.2) is 11.5 Å². The van der Waals surface area contributed by atoms with Crippen LogP contribution in [0.2, 0.25) is 0 Å². The van der Waals surface area contributed by atoms with Gasteiger partial charge in [0.1, 0.15) is 0 Å². The molecule has 2 bridgehead atoms. The van der Waals surface area contributed by atoms with Gasteiger partial charge < -0.3 is 9.84 Å². The maximum Gasteiger partial charge on any atom is 0.254 e. The number of nitrogens with zero attached hydrogens (tertiary/aromatic N) is 2. The second kappa shape index (κ2) is 4.94. The molecule has 2 fully saturated rings. The summed E-state index contributed by atoms with van der Waals surface area (Å²) in [6.07, 6.45) is 6.44. The number of phenols is 1. The van der Waals surface area contributed by atoms with E-state index in [9.17, 15) is 14.7 Å². The average Bonchev–Trinajstić information content (AvgIpc) is 3.22. The first kappa shape index (κ1) is 14.0. The topological polar surface area (TPSA) is 79.2 Å². The fourth-order valence-corrected chi connectivity index (χ4v) is 3.90. The second-order valence-electron chi connectivity index (χ2n) is 6.16. The number of carbonyl (C=O) groups is 2. The van der Waals surface area contributed by atoms with Crippen molar-refractivity contribution >= 4 is 18.0 Å². The van der Waals surface area contributed by atoms with E-state index in [1.54, 1.807) is 12.1 Å². The van der Waals surface area contributed by atoms with Crippen LogP contribution in [0.4, 0.5) is 0 Å². The van der Waals surface area contributed by atoms with Gasteiger partial charge in [-0.05, 0) is 42.0 Å². The minimum atomic E-state index is -0.246. The Morgan fingerprint density at radius 2 is 1.87 bits per heavy atom. The molecule has 1 aliphatic heterocycles. The van der Waals surface area contributed by atoms with E-state index in [2.05, 4.69) is 17.3 Å². The lowest BCUT2D eigenvalue weighted by molar-refractivity contribution is -0.140. The molecule has 0 radical (unpaired) electrons. The van der Waals surface area contributed by atoms with E-state index < -0.39 is 0 Å². The second-order valence-corrected chi connectivity index (χ2v) is 6.16. The minimum absolute atomic E-state index is 0.0233. The highest BCUT2D eigenvalue weighted by Gasteiger charge is 2.59. The Kier molecular flexibility index (Phi) is 3.01. The predicted molar refractivity (Wildman–Crippen MR) is 81.8 cm³/mol. The molecule has 6 nitrogen and oxygen atoms in total. The third-order valence-corrected chi connectivity index (χ3v) is 4.97. The molecule has 4 atom stereocenters. The summed E-state index contributed by atoms with van der Waals surface area (Å²) in [5.74, 6) is -0.223. The number of imide groups is 1. The van der Waals surface area contributed by atoms with Gasteiger partial charge in [0, 0.05) is 0 Å². The predicted octanol–water partition coefficient (Wildman–Crippen LogP) is 1.54. The molecule has 1 heterocycles. The zero-order valence-electron chi connectivity index (χ0n) is 12.5. The first-order valence-electron chi connectivity index (χ1n) is 7.57. The van der Waals surface area contributed by atoms with Crippen molar-refractivity contribution in [2.45, 2.75) is 6.42 Å². The van der Waals surface area contributed by atoms with Crippen molar-refractivity contribution in [3.8, 4) is 11.5 Å². The quantitative estimate of drug-likeness (QED) is 0.522. The highest BCUT2D eigenvalue weighted by atomic mass is 16.5. The van der Waals surface area contributed by atoms with E-state index in [1.165, 1.54) is 19.4 Å². The van der Waals surface area contributed by atoms with Crippen LogP contribution in [0.5, 0.6) is 11.5 Å². The van der Waals surface area contributed by atoms with Crippen LogP contribution in [-0.2, 0) is 9.59 Å². The maximum atomic E-state index is 12.5. The fraction of sp³-hybridized carbons (Fsp3) is 0.353. The summed E-state index contributed by atoms with van der Waals surface area (Å²) in [6.45, 7) is 0. The third-order valence-electron chi connectivity index (χ3n) is 4.97. The molecule has 118 valence electrons. The number of hydrogen-bond acceptors (Lipinski definition) is 5. The van der Waals surface area contributed by atoms with Crippen LogP contribution in [0.15, 0.2) is 35.5 Å². The summed E-state index contributed by atoms with van der Waals surface area (Å²) in [4.78, 5) is 25.0. The molecule has 4 rings (SSSR count). The third kappa shape index (κ3) is 1.98. The van der Waals surface area contributed by atoms with Gasteiger partial charge in [-0.3, -0.25) is 9.59 Å². The van der Waals surface area contributed by atoms with Gasteiger partial charge in [0.05, 0.1) is 25.2 Å². The summed E-state index contributed by atoms with van der Waals surface area (Å²) in [5.41, 5.74) is 0.637. The molecule has 1 saturated carbocycles. The normalized spacial score (nSPS) is 31.4. The van der Waals surface area contributed by atoms with Crippen LogP contribution in [-0.4, -0.2) is 35.3 Å². The summed E-state index contributed by atoms with van der Waals surface area (Å²) in [6, 6.07) is 4.71. The van der Waals surface area contributed by atoms with E-state index in [-0.39, 0.29) is 41.2 Å². The van der Waals surface area contributed by atoms with Crippen LogP contribution >= 0.6 is 0 Å². The number of benzene rings is 1. The van der Waals surface area contributed by atoms with E-state index in [1.807, 2.05) is 0 Å². The van der Waals surface area contributed by atoms with E-state index in [4.69, 9.17) is 4.74 Å². The Labute approximate surface area is 133 Å². The van der Waals surface area contributed by atoms with Crippen LogP contribution in [0.3, 0.4) is 0 Å². The number of fused-ring (bicyclic) bond motifs is 5. The van der Waals surface area contributed by atoms with Gasteiger partial charge in [-0.15, -0.1) is 0 Å². The summed E-state index contributed by atoms with van der Waals surface area (Å²) in [5, 5.41) is 14.7. The Morgan fingerprint density at radius 3 is 2.48 bits per heavy atom. The maximum absolute atomic E-state index is 12.5. The molecule has 2 aliphatic carbocycles. The number of carbonyl (C=O) groups excluding carboxylic acids is 2. The van der Waals surface area contributed by atoms with Crippen LogP contribution in [0.25, 0.3) is 0 Å². The van der Waals surface area contributed by atoms with E-state index in [0.717, 1.165) is 11.4 Å². The smallest absolute Gasteiger partial charge is 0.254 e. The number of aromatic hydroxyl groups is 1. The molecule has 1 aromatic carbocycles. The van der Waals surface area contributed by atoms with Crippen molar-refractivity contribution in [3.05, 3.63) is 35.9 Å². The molecular weight excluding hydrogens is 296 g/mol. The zero-order chi connectivity index (χ0) is 16.1. The summed E-state index contributed by atoms with van der Waals surface area (Å²) in [7, 11) is 1.45. The number of hydrogen-bond donors (Lipinski definition) is 1. The standard InChI is InChI=1S/C17H16N2O4/c1-23-13-6-9(2-5-12(13)20)8-18-19-16(21)14-10-3-4-11(7-10)15(14)17(19)22/h2-6,8,10-11,14-15,20H,7H2,1H3/b18-8+/t10-,11-,14+,15+/m1/s1. The Balaban J connectivity index is 1.58. The first-order chi connectivity index (χ1) is 11.1. The van der Waals surface area contributed by atoms with Gasteiger partial charge in [0.2, 0.25) is 0 Å². The van der Waals surface area contributed by atoms with Gasteiger partial charge >= 0.3 is 0 Å². The minimum Gasteiger partial charge on any atom is -0.504 e. The Morgan fingerprint density at radius 1 is 1.22 bits per heavy atom. The molecule has 1 aromatic rings. The lowest BCUT2D eigenvalue weighted by atomic mass is 9.85. The molecule has 6 heteroatoms. The number of methoxy groups -OCH3 is 1. The molecule has 1 saturated heterocycles. The average molecular weight is 312 g/mol. The molecule has 3 aliphatic rings. The first-order valence-corrected chi connectivity index (χ1v) is 7.57. The van der Waals surface area contributed by atoms with E-state index in [0.29, 0.717) is 11.3 Å². The monoisotopic (exact) mass is 312 g/mol. The number of amides is 2. The molecule has 2 amide bonds. The van der Waals surface area contributed by atoms with Crippen molar-refractivity contribution < 1.29 is 19.4 Å². The Bertz CT molecular complexity index is 725. The molecular formula is C17H16N2O4.